The molecule has 1 fully saturated rings. The minimum atomic E-state index is -3.88. The van der Waals surface area contributed by atoms with Crippen molar-refractivity contribution in [1.29, 1.82) is 0 Å². The zero-order chi connectivity index (χ0) is 10.1. The molecule has 1 aliphatic rings. The molecule has 0 spiro atoms. The summed E-state index contributed by atoms with van der Waals surface area (Å²) in [6, 6.07) is 0. The van der Waals surface area contributed by atoms with Crippen LogP contribution in [0.2, 0.25) is 0 Å². The highest BCUT2D eigenvalue weighted by Crippen LogP contribution is 2.39. The van der Waals surface area contributed by atoms with Gasteiger partial charge in [0.2, 0.25) is 9.05 Å². The normalized spacial score (nSPS) is 21.4. The molecule has 0 aromatic carbocycles. The second-order valence-electron chi connectivity index (χ2n) is 3.13. The Balaban J connectivity index is 3.09. The van der Waals surface area contributed by atoms with Gasteiger partial charge in [-0.25, -0.2) is 8.42 Å². The van der Waals surface area contributed by atoms with Gasteiger partial charge in [0.05, 0.1) is 7.11 Å². The molecule has 13 heavy (non-hydrogen) atoms. The summed E-state index contributed by atoms with van der Waals surface area (Å²) in [5, 5.41) is 0. The molecule has 0 aliphatic heterocycles. The molecule has 1 rings (SSSR count). The Morgan fingerprint density at radius 3 is 2.15 bits per heavy atom. The number of carbonyl (C=O) groups excluding carboxylic acids is 1. The predicted molar refractivity (Wildman–Crippen MR) is 48.0 cm³/mol. The van der Waals surface area contributed by atoms with Crippen molar-refractivity contribution in [2.45, 2.75) is 30.4 Å². The summed E-state index contributed by atoms with van der Waals surface area (Å²) in [5.41, 5.74) is 0. The highest BCUT2D eigenvalue weighted by molar-refractivity contribution is 8.15. The number of methoxy groups -OCH3 is 1. The van der Waals surface area contributed by atoms with Gasteiger partial charge >= 0.3 is 5.97 Å². The van der Waals surface area contributed by atoms with Gasteiger partial charge in [0, 0.05) is 10.7 Å². The van der Waals surface area contributed by atoms with Crippen LogP contribution in [0, 0.1) is 0 Å². The molecular weight excluding hydrogens is 216 g/mol. The Hall–Kier alpha value is -0.290. The third kappa shape index (κ3) is 1.67. The highest BCUT2D eigenvalue weighted by Gasteiger charge is 2.52. The van der Waals surface area contributed by atoms with Gasteiger partial charge in [-0.1, -0.05) is 12.8 Å². The van der Waals surface area contributed by atoms with E-state index in [1.165, 1.54) is 7.11 Å². The van der Waals surface area contributed by atoms with Crippen molar-refractivity contribution in [3.05, 3.63) is 0 Å². The van der Waals surface area contributed by atoms with Gasteiger partial charge in [-0.2, -0.15) is 0 Å². The molecule has 0 unspecified atom stereocenters. The van der Waals surface area contributed by atoms with Crippen molar-refractivity contribution in [1.82, 2.24) is 0 Å². The third-order valence-corrected chi connectivity index (χ3v) is 4.83. The monoisotopic (exact) mass is 226 g/mol. The Morgan fingerprint density at radius 2 is 1.85 bits per heavy atom. The molecule has 0 bridgehead atoms. The van der Waals surface area contributed by atoms with Gasteiger partial charge in [0.25, 0.3) is 0 Å². The van der Waals surface area contributed by atoms with Gasteiger partial charge in [-0.05, 0) is 12.8 Å². The van der Waals surface area contributed by atoms with Crippen LogP contribution < -0.4 is 0 Å². The molecule has 0 saturated heterocycles. The van der Waals surface area contributed by atoms with Crippen LogP contribution in [-0.4, -0.2) is 26.2 Å². The molecule has 6 heteroatoms. The van der Waals surface area contributed by atoms with Gasteiger partial charge in [-0.3, -0.25) is 4.79 Å². The SMILES string of the molecule is COC(=O)C1(S(=O)(=O)Cl)CCCC1. The molecule has 0 aromatic rings. The van der Waals surface area contributed by atoms with Gasteiger partial charge in [0.15, 0.2) is 4.75 Å². The minimum Gasteiger partial charge on any atom is -0.468 e. The zero-order valence-corrected chi connectivity index (χ0v) is 8.82. The highest BCUT2D eigenvalue weighted by atomic mass is 35.7. The largest absolute Gasteiger partial charge is 0.468 e. The van der Waals surface area contributed by atoms with E-state index in [0.29, 0.717) is 12.8 Å². The summed E-state index contributed by atoms with van der Waals surface area (Å²) >= 11 is 0. The van der Waals surface area contributed by atoms with Crippen LogP contribution in [0.15, 0.2) is 0 Å². The van der Waals surface area contributed by atoms with Crippen molar-refractivity contribution in [3.8, 4) is 0 Å². The lowest BCUT2D eigenvalue weighted by Gasteiger charge is -2.21. The molecule has 0 N–H and O–H groups in total. The van der Waals surface area contributed by atoms with Crippen molar-refractivity contribution in [3.63, 3.8) is 0 Å². The number of ether oxygens (including phenoxy) is 1. The first-order valence-electron chi connectivity index (χ1n) is 3.97. The van der Waals surface area contributed by atoms with Gasteiger partial charge in [-0.15, -0.1) is 0 Å². The lowest BCUT2D eigenvalue weighted by atomic mass is 10.1. The van der Waals surface area contributed by atoms with Crippen molar-refractivity contribution < 1.29 is 17.9 Å². The van der Waals surface area contributed by atoms with Crippen LogP contribution in [0.5, 0.6) is 0 Å². The van der Waals surface area contributed by atoms with Gasteiger partial charge in [0.1, 0.15) is 0 Å². The maximum atomic E-state index is 11.3. The predicted octanol–water partition coefficient (Wildman–Crippen LogP) is 1.04. The second-order valence-corrected chi connectivity index (χ2v) is 6.01. The van der Waals surface area contributed by atoms with E-state index >= 15 is 0 Å². The van der Waals surface area contributed by atoms with Crippen LogP contribution in [-0.2, 0) is 18.6 Å². The van der Waals surface area contributed by atoms with E-state index in [1.807, 2.05) is 0 Å². The molecule has 0 amide bonds. The Labute approximate surface area is 81.6 Å². The fraction of sp³-hybridized carbons (Fsp3) is 0.857. The summed E-state index contributed by atoms with van der Waals surface area (Å²) in [5.74, 6) is -0.736. The van der Waals surface area contributed by atoms with Crippen molar-refractivity contribution in [2.75, 3.05) is 7.11 Å². The van der Waals surface area contributed by atoms with E-state index in [4.69, 9.17) is 10.7 Å². The average Bonchev–Trinajstić information content (AvgIpc) is 2.50. The standard InChI is InChI=1S/C7H11ClO4S/c1-12-6(9)7(13(8,10)11)4-2-3-5-7/h2-5H2,1H3. The maximum absolute atomic E-state index is 11.3. The Bertz CT molecular complexity index is 302. The number of carbonyl (C=O) groups is 1. The number of hydrogen-bond acceptors (Lipinski definition) is 4. The first kappa shape index (κ1) is 10.8. The molecule has 1 saturated carbocycles. The van der Waals surface area contributed by atoms with E-state index in [2.05, 4.69) is 4.74 Å². The first-order valence-corrected chi connectivity index (χ1v) is 6.27. The Morgan fingerprint density at radius 1 is 1.38 bits per heavy atom. The van der Waals surface area contributed by atoms with Crippen molar-refractivity contribution >= 4 is 25.7 Å². The van der Waals surface area contributed by atoms with E-state index in [-0.39, 0.29) is 12.8 Å². The molecule has 0 aromatic heterocycles. The lowest BCUT2D eigenvalue weighted by Crippen LogP contribution is -2.42. The summed E-state index contributed by atoms with van der Waals surface area (Å²) < 4.78 is 25.4. The quantitative estimate of drug-likeness (QED) is 0.522. The molecule has 0 heterocycles. The molecule has 4 nitrogen and oxygen atoms in total. The molecule has 0 radical (unpaired) electrons. The topological polar surface area (TPSA) is 60.4 Å². The maximum Gasteiger partial charge on any atom is 0.328 e. The number of rotatable bonds is 2. The fourth-order valence-electron chi connectivity index (χ4n) is 1.68. The average molecular weight is 227 g/mol. The Kier molecular flexibility index (Phi) is 2.87. The molecule has 1 aliphatic carbocycles. The number of esters is 1. The molecular formula is C7H11ClO4S. The van der Waals surface area contributed by atoms with Crippen LogP contribution in [0.25, 0.3) is 0 Å². The van der Waals surface area contributed by atoms with Crippen molar-refractivity contribution in [2.24, 2.45) is 0 Å². The first-order chi connectivity index (χ1) is 5.94. The summed E-state index contributed by atoms with van der Waals surface area (Å²) in [4.78, 5) is 11.3. The minimum absolute atomic E-state index is 0.269. The zero-order valence-electron chi connectivity index (χ0n) is 7.25. The van der Waals surface area contributed by atoms with E-state index in [1.54, 1.807) is 0 Å². The van der Waals surface area contributed by atoms with E-state index in [9.17, 15) is 13.2 Å². The third-order valence-electron chi connectivity index (χ3n) is 2.44. The van der Waals surface area contributed by atoms with Crippen LogP contribution in [0.4, 0.5) is 0 Å². The number of halogens is 1. The van der Waals surface area contributed by atoms with Crippen LogP contribution in [0.1, 0.15) is 25.7 Å². The van der Waals surface area contributed by atoms with Gasteiger partial charge < -0.3 is 4.74 Å². The summed E-state index contributed by atoms with van der Waals surface area (Å²) in [6.07, 6.45) is 1.93. The van der Waals surface area contributed by atoms with E-state index < -0.39 is 19.8 Å². The fourth-order valence-corrected chi connectivity index (χ4v) is 3.39. The van der Waals surface area contributed by atoms with E-state index in [0.717, 1.165) is 0 Å². The van der Waals surface area contributed by atoms with Crippen LogP contribution >= 0.6 is 10.7 Å². The molecule has 0 atom stereocenters. The summed E-state index contributed by atoms with van der Waals surface area (Å²) in [6.45, 7) is 0. The lowest BCUT2D eigenvalue weighted by molar-refractivity contribution is -0.143. The smallest absolute Gasteiger partial charge is 0.328 e. The number of hydrogen-bond donors (Lipinski definition) is 0. The molecule has 76 valence electrons. The second kappa shape index (κ2) is 3.46. The van der Waals surface area contributed by atoms with Crippen LogP contribution in [0.3, 0.4) is 0 Å². The summed E-state index contributed by atoms with van der Waals surface area (Å²) in [7, 11) is 2.53.